The molecule has 1 amide bonds. The van der Waals surface area contributed by atoms with Crippen molar-refractivity contribution in [3.63, 3.8) is 0 Å². The van der Waals surface area contributed by atoms with Crippen LogP contribution in [0, 0.1) is 11.6 Å². The van der Waals surface area contributed by atoms with Gasteiger partial charge in [-0.25, -0.2) is 8.78 Å². The molecule has 0 aromatic heterocycles. The average Bonchev–Trinajstić information content (AvgIpc) is 2.52. The van der Waals surface area contributed by atoms with E-state index < -0.39 is 35.3 Å². The Balaban J connectivity index is 1.90. The summed E-state index contributed by atoms with van der Waals surface area (Å²) in [6.45, 7) is 1.40. The number of anilines is 1. The minimum atomic E-state index is -4.45. The largest absolute Gasteiger partial charge is 0.416 e. The van der Waals surface area contributed by atoms with E-state index in [1.165, 1.54) is 6.07 Å². The number of carbonyl (C=O) groups is 1. The van der Waals surface area contributed by atoms with Crippen molar-refractivity contribution in [1.29, 1.82) is 0 Å². The quantitative estimate of drug-likeness (QED) is 0.784. The third-order valence-electron chi connectivity index (χ3n) is 3.49. The van der Waals surface area contributed by atoms with Crippen LogP contribution in [0.15, 0.2) is 42.5 Å². The van der Waals surface area contributed by atoms with Crippen molar-refractivity contribution < 1.29 is 26.7 Å². The number of amides is 1. The van der Waals surface area contributed by atoms with E-state index in [0.717, 1.165) is 36.4 Å². The fraction of sp³-hybridized carbons (Fsp3) is 0.235. The molecule has 134 valence electrons. The number of hydrogen-bond acceptors (Lipinski definition) is 2. The van der Waals surface area contributed by atoms with Crippen molar-refractivity contribution >= 4 is 11.6 Å². The van der Waals surface area contributed by atoms with Crippen LogP contribution < -0.4 is 10.6 Å². The molecule has 25 heavy (non-hydrogen) atoms. The van der Waals surface area contributed by atoms with Gasteiger partial charge in [-0.2, -0.15) is 13.2 Å². The van der Waals surface area contributed by atoms with Gasteiger partial charge in [-0.05, 0) is 37.3 Å². The van der Waals surface area contributed by atoms with Gasteiger partial charge in [-0.1, -0.05) is 6.07 Å². The van der Waals surface area contributed by atoms with E-state index in [-0.39, 0.29) is 17.8 Å². The standard InChI is InChI=1S/C17H15F5N2O/c1-10(14-7-4-12(18)8-15(14)19)23-9-16(25)24-13-5-2-11(3-6-13)17(20,21)22/h2-8,10,23H,9H2,1H3,(H,24,25)/t10-/m0/s1. The number of nitrogens with one attached hydrogen (secondary N) is 2. The fourth-order valence-corrected chi connectivity index (χ4v) is 2.16. The Morgan fingerprint density at radius 1 is 1.08 bits per heavy atom. The molecular weight excluding hydrogens is 343 g/mol. The van der Waals surface area contributed by atoms with E-state index in [9.17, 15) is 26.7 Å². The lowest BCUT2D eigenvalue weighted by Crippen LogP contribution is -2.30. The first-order valence-corrected chi connectivity index (χ1v) is 7.32. The van der Waals surface area contributed by atoms with E-state index >= 15 is 0 Å². The number of benzene rings is 2. The lowest BCUT2D eigenvalue weighted by molar-refractivity contribution is -0.137. The summed E-state index contributed by atoms with van der Waals surface area (Å²) < 4.78 is 63.9. The number of rotatable bonds is 5. The molecule has 0 saturated carbocycles. The zero-order valence-electron chi connectivity index (χ0n) is 13.1. The Morgan fingerprint density at radius 2 is 1.72 bits per heavy atom. The summed E-state index contributed by atoms with van der Waals surface area (Å²) in [5.74, 6) is -1.94. The Bertz CT molecular complexity index is 744. The second-order valence-corrected chi connectivity index (χ2v) is 5.39. The summed E-state index contributed by atoms with van der Waals surface area (Å²) in [6.07, 6.45) is -4.45. The summed E-state index contributed by atoms with van der Waals surface area (Å²) in [4.78, 5) is 11.8. The summed E-state index contributed by atoms with van der Waals surface area (Å²) >= 11 is 0. The van der Waals surface area contributed by atoms with Crippen molar-refractivity contribution in [2.45, 2.75) is 19.1 Å². The van der Waals surface area contributed by atoms with Crippen LogP contribution in [0.3, 0.4) is 0 Å². The maximum atomic E-state index is 13.6. The molecule has 0 heterocycles. The number of carbonyl (C=O) groups excluding carboxylic acids is 1. The average molecular weight is 358 g/mol. The van der Waals surface area contributed by atoms with E-state index in [1.807, 2.05) is 0 Å². The molecule has 2 rings (SSSR count). The van der Waals surface area contributed by atoms with Crippen molar-refractivity contribution in [1.82, 2.24) is 5.32 Å². The van der Waals surface area contributed by atoms with Crippen LogP contribution in [0.5, 0.6) is 0 Å². The normalized spacial score (nSPS) is 12.7. The van der Waals surface area contributed by atoms with Crippen molar-refractivity contribution in [2.24, 2.45) is 0 Å². The van der Waals surface area contributed by atoms with Gasteiger partial charge in [-0.15, -0.1) is 0 Å². The zero-order chi connectivity index (χ0) is 18.6. The van der Waals surface area contributed by atoms with Crippen molar-refractivity contribution in [2.75, 3.05) is 11.9 Å². The molecule has 1 atom stereocenters. The van der Waals surface area contributed by atoms with Crippen LogP contribution in [-0.2, 0) is 11.0 Å². The van der Waals surface area contributed by atoms with Crippen LogP contribution in [0.1, 0.15) is 24.1 Å². The van der Waals surface area contributed by atoms with Crippen molar-refractivity contribution in [3.05, 3.63) is 65.2 Å². The molecule has 0 spiro atoms. The van der Waals surface area contributed by atoms with E-state index in [4.69, 9.17) is 0 Å². The molecule has 0 unspecified atom stereocenters. The van der Waals surface area contributed by atoms with Crippen LogP contribution in [-0.4, -0.2) is 12.5 Å². The highest BCUT2D eigenvalue weighted by Crippen LogP contribution is 2.29. The molecule has 0 saturated heterocycles. The van der Waals surface area contributed by atoms with Crippen LogP contribution in [0.25, 0.3) is 0 Å². The van der Waals surface area contributed by atoms with Gasteiger partial charge in [0, 0.05) is 23.4 Å². The monoisotopic (exact) mass is 358 g/mol. The predicted octanol–water partition coefficient (Wildman–Crippen LogP) is 4.27. The summed E-state index contributed by atoms with van der Waals surface area (Å²) in [5.41, 5.74) is -0.409. The molecule has 2 aromatic rings. The predicted molar refractivity (Wildman–Crippen MR) is 82.8 cm³/mol. The molecule has 0 fully saturated rings. The fourth-order valence-electron chi connectivity index (χ4n) is 2.16. The number of alkyl halides is 3. The highest BCUT2D eigenvalue weighted by atomic mass is 19.4. The Hall–Kier alpha value is -2.48. The summed E-state index contributed by atoms with van der Waals surface area (Å²) in [5, 5.41) is 5.19. The third kappa shape index (κ3) is 5.25. The Kier molecular flexibility index (Phi) is 5.73. The summed E-state index contributed by atoms with van der Waals surface area (Å²) in [7, 11) is 0. The molecule has 0 aliphatic rings. The van der Waals surface area contributed by atoms with Crippen molar-refractivity contribution in [3.8, 4) is 0 Å². The minimum absolute atomic E-state index is 0.195. The van der Waals surface area contributed by atoms with Gasteiger partial charge in [0.05, 0.1) is 12.1 Å². The highest BCUT2D eigenvalue weighted by molar-refractivity contribution is 5.92. The van der Waals surface area contributed by atoms with Gasteiger partial charge in [0.25, 0.3) is 0 Å². The molecule has 8 heteroatoms. The minimum Gasteiger partial charge on any atom is -0.325 e. The number of halogens is 5. The topological polar surface area (TPSA) is 41.1 Å². The molecule has 3 nitrogen and oxygen atoms in total. The molecule has 0 bridgehead atoms. The Morgan fingerprint density at radius 3 is 2.28 bits per heavy atom. The van der Waals surface area contributed by atoms with Crippen LogP contribution in [0.4, 0.5) is 27.6 Å². The van der Waals surface area contributed by atoms with E-state index in [2.05, 4.69) is 10.6 Å². The van der Waals surface area contributed by atoms with Gasteiger partial charge in [0.2, 0.25) is 5.91 Å². The SMILES string of the molecule is C[C@H](NCC(=O)Nc1ccc(C(F)(F)F)cc1)c1ccc(F)cc1F. The number of hydrogen-bond donors (Lipinski definition) is 2. The maximum Gasteiger partial charge on any atom is 0.416 e. The van der Waals surface area contributed by atoms with Crippen LogP contribution in [0.2, 0.25) is 0 Å². The molecule has 2 N–H and O–H groups in total. The zero-order valence-corrected chi connectivity index (χ0v) is 13.1. The lowest BCUT2D eigenvalue weighted by Gasteiger charge is -2.15. The first-order chi connectivity index (χ1) is 11.7. The first kappa shape index (κ1) is 18.9. The van der Waals surface area contributed by atoms with E-state index in [0.29, 0.717) is 0 Å². The lowest BCUT2D eigenvalue weighted by atomic mass is 10.1. The van der Waals surface area contributed by atoms with E-state index in [1.54, 1.807) is 6.92 Å². The Labute approximate surface area is 140 Å². The smallest absolute Gasteiger partial charge is 0.325 e. The van der Waals surface area contributed by atoms with Crippen LogP contribution >= 0.6 is 0 Å². The molecule has 0 aliphatic carbocycles. The molecular formula is C17H15F5N2O. The molecule has 2 aromatic carbocycles. The maximum absolute atomic E-state index is 13.6. The second kappa shape index (κ2) is 7.60. The van der Waals surface area contributed by atoms with Gasteiger partial charge in [-0.3, -0.25) is 4.79 Å². The second-order valence-electron chi connectivity index (χ2n) is 5.39. The van der Waals surface area contributed by atoms with Gasteiger partial charge in [0.15, 0.2) is 0 Å². The first-order valence-electron chi connectivity index (χ1n) is 7.32. The van der Waals surface area contributed by atoms with Gasteiger partial charge in [0.1, 0.15) is 11.6 Å². The van der Waals surface area contributed by atoms with Gasteiger partial charge >= 0.3 is 6.18 Å². The highest BCUT2D eigenvalue weighted by Gasteiger charge is 2.29. The third-order valence-corrected chi connectivity index (χ3v) is 3.49. The van der Waals surface area contributed by atoms with Gasteiger partial charge < -0.3 is 10.6 Å². The molecule has 0 radical (unpaired) electrons. The molecule has 0 aliphatic heterocycles. The summed E-state index contributed by atoms with van der Waals surface area (Å²) in [6, 6.07) is 6.58.